The van der Waals surface area contributed by atoms with Crippen molar-refractivity contribution in [3.63, 3.8) is 0 Å². The van der Waals surface area contributed by atoms with E-state index in [1.165, 1.54) is 0 Å². The van der Waals surface area contributed by atoms with Crippen LogP contribution in [0.25, 0.3) is 0 Å². The fourth-order valence-electron chi connectivity index (χ4n) is 2.04. The van der Waals surface area contributed by atoms with E-state index in [1.54, 1.807) is 19.6 Å². The zero-order valence-corrected chi connectivity index (χ0v) is 13.9. The molecule has 21 heavy (non-hydrogen) atoms. The molecule has 0 bridgehead atoms. The minimum absolute atomic E-state index is 0.270. The van der Waals surface area contributed by atoms with Gasteiger partial charge in [-0.2, -0.15) is 8.78 Å². The van der Waals surface area contributed by atoms with Crippen molar-refractivity contribution in [1.82, 2.24) is 0 Å². The summed E-state index contributed by atoms with van der Waals surface area (Å²) < 4.78 is 79.7. The highest BCUT2D eigenvalue weighted by molar-refractivity contribution is 6.69. The van der Waals surface area contributed by atoms with Crippen LogP contribution in [-0.2, 0) is 9.16 Å². The lowest BCUT2D eigenvalue weighted by Gasteiger charge is -2.27. The summed E-state index contributed by atoms with van der Waals surface area (Å²) in [6, 6.07) is 0. The summed E-state index contributed by atoms with van der Waals surface area (Å²) in [5.41, 5.74) is -0.270. The fourth-order valence-corrected chi connectivity index (χ4v) is 2.90. The van der Waals surface area contributed by atoms with Gasteiger partial charge in [-0.25, -0.2) is 13.2 Å². The maximum Gasteiger partial charge on any atom is 0.324 e. The van der Waals surface area contributed by atoms with Gasteiger partial charge >= 0.3 is 11.8 Å². The molecule has 1 saturated heterocycles. The molecule has 0 spiro atoms. The minimum atomic E-state index is -4.11. The summed E-state index contributed by atoms with van der Waals surface area (Å²) in [5, 5.41) is 0. The lowest BCUT2D eigenvalue weighted by atomic mass is 9.94. The van der Waals surface area contributed by atoms with Crippen LogP contribution in [-0.4, -0.2) is 32.6 Å². The van der Waals surface area contributed by atoms with Gasteiger partial charge in [0.2, 0.25) is 6.29 Å². The normalized spacial score (nSPS) is 29.6. The molecule has 0 aromatic heterocycles. The van der Waals surface area contributed by atoms with Crippen LogP contribution in [0.15, 0.2) is 11.4 Å². The molecule has 1 unspecified atom stereocenters. The van der Waals surface area contributed by atoms with Gasteiger partial charge in [0.15, 0.2) is 14.1 Å². The van der Waals surface area contributed by atoms with E-state index in [9.17, 15) is 22.0 Å². The number of alkyl halides is 4. The number of hydrogen-bond acceptors (Lipinski definition) is 2. The Morgan fingerprint density at radius 2 is 1.67 bits per heavy atom. The van der Waals surface area contributed by atoms with Crippen LogP contribution >= 0.6 is 0 Å². The van der Waals surface area contributed by atoms with Crippen LogP contribution in [0, 0.1) is 5.92 Å². The zero-order valence-electron chi connectivity index (χ0n) is 12.9. The number of hydrogen-bond donors (Lipinski definition) is 0. The van der Waals surface area contributed by atoms with Crippen molar-refractivity contribution in [3.8, 4) is 0 Å². The Balaban J connectivity index is 3.11. The molecule has 2 nitrogen and oxygen atoms in total. The first kappa shape index (κ1) is 18.6. The third kappa shape index (κ3) is 3.65. The van der Waals surface area contributed by atoms with Gasteiger partial charge in [0.05, 0.1) is 5.92 Å². The Morgan fingerprint density at radius 3 is 2.05 bits per heavy atom. The van der Waals surface area contributed by atoms with Gasteiger partial charge in [-0.05, 0) is 39.1 Å². The van der Waals surface area contributed by atoms with E-state index in [1.807, 2.05) is 0 Å². The van der Waals surface area contributed by atoms with Crippen LogP contribution < -0.4 is 0 Å². The highest BCUT2D eigenvalue weighted by atomic mass is 28.4. The van der Waals surface area contributed by atoms with Crippen LogP contribution in [0.1, 0.15) is 20.8 Å². The molecule has 0 amide bonds. The second-order valence-electron chi connectivity index (χ2n) is 6.52. The quantitative estimate of drug-likeness (QED) is 0.547. The summed E-state index contributed by atoms with van der Waals surface area (Å²) in [7, 11) is -2.43. The van der Waals surface area contributed by atoms with Gasteiger partial charge in [0, 0.05) is 0 Å². The highest BCUT2D eigenvalue weighted by Crippen LogP contribution is 2.49. The van der Waals surface area contributed by atoms with Crippen LogP contribution in [0.4, 0.5) is 22.0 Å². The first-order valence-corrected chi connectivity index (χ1v) is 10.0. The predicted molar refractivity (Wildman–Crippen MR) is 71.6 cm³/mol. The van der Waals surface area contributed by atoms with Gasteiger partial charge in [-0.1, -0.05) is 6.92 Å². The molecular formula is C13H21F5O2Si. The molecule has 0 aromatic rings. The standard InChI is InChI=1S/C13H21F5O2Si/c1-7(2)9(14)13(17,18)10-8(3)12(15,16)11(19-10)20-21(4,5)6/h8,10-11H,1-6H3/t8-,10+,11?/m1/s1. The monoisotopic (exact) mass is 332 g/mol. The van der Waals surface area contributed by atoms with Crippen molar-refractivity contribution in [2.45, 2.75) is 64.7 Å². The molecule has 124 valence electrons. The van der Waals surface area contributed by atoms with Gasteiger partial charge in [-0.15, -0.1) is 0 Å². The first-order chi connectivity index (χ1) is 9.21. The number of allylic oxidation sites excluding steroid dienone is 1. The number of ether oxygens (including phenoxy) is 1. The molecule has 1 rings (SSSR count). The average Bonchev–Trinajstić information content (AvgIpc) is 2.50. The molecule has 1 aliphatic heterocycles. The predicted octanol–water partition coefficient (Wildman–Crippen LogP) is 4.73. The molecule has 1 fully saturated rings. The lowest BCUT2D eigenvalue weighted by molar-refractivity contribution is -0.199. The summed E-state index contributed by atoms with van der Waals surface area (Å²) in [5.74, 6) is -11.3. The molecule has 1 aliphatic rings. The Kier molecular flexibility index (Phi) is 4.97. The fraction of sp³-hybridized carbons (Fsp3) is 0.846. The third-order valence-corrected chi connectivity index (χ3v) is 4.12. The second kappa shape index (κ2) is 5.62. The largest absolute Gasteiger partial charge is 0.389 e. The van der Waals surface area contributed by atoms with E-state index in [-0.39, 0.29) is 5.57 Å². The molecule has 1 heterocycles. The van der Waals surface area contributed by atoms with Gasteiger partial charge < -0.3 is 9.16 Å². The van der Waals surface area contributed by atoms with E-state index in [0.29, 0.717) is 0 Å². The summed E-state index contributed by atoms with van der Waals surface area (Å²) in [4.78, 5) is 0. The first-order valence-electron chi connectivity index (χ1n) is 6.63. The van der Waals surface area contributed by atoms with Gasteiger partial charge in [0.25, 0.3) is 0 Å². The molecule has 8 heteroatoms. The van der Waals surface area contributed by atoms with E-state index in [2.05, 4.69) is 0 Å². The smallest absolute Gasteiger partial charge is 0.324 e. The number of rotatable bonds is 4. The van der Waals surface area contributed by atoms with Crippen molar-refractivity contribution < 1.29 is 31.1 Å². The van der Waals surface area contributed by atoms with E-state index >= 15 is 0 Å². The summed E-state index contributed by atoms with van der Waals surface area (Å²) in [6.45, 7) is 8.14. The van der Waals surface area contributed by atoms with Crippen LogP contribution in [0.5, 0.6) is 0 Å². The molecule has 0 radical (unpaired) electrons. The Hall–Kier alpha value is -0.473. The SMILES string of the molecule is CC(C)=C(F)C(F)(F)[C@H]1OC(O[Si](C)(C)C)C(F)(F)[C@@H]1C. The van der Waals surface area contributed by atoms with Crippen molar-refractivity contribution >= 4 is 8.32 Å². The number of halogens is 5. The Labute approximate surface area is 122 Å². The Bertz CT molecular complexity index is 427. The van der Waals surface area contributed by atoms with E-state index < -0.39 is 44.3 Å². The molecular weight excluding hydrogens is 311 g/mol. The maximum atomic E-state index is 14.1. The topological polar surface area (TPSA) is 18.5 Å². The van der Waals surface area contributed by atoms with Crippen molar-refractivity contribution in [3.05, 3.63) is 11.4 Å². The molecule has 0 N–H and O–H groups in total. The van der Waals surface area contributed by atoms with Crippen molar-refractivity contribution in [2.24, 2.45) is 5.92 Å². The molecule has 0 aliphatic carbocycles. The van der Waals surface area contributed by atoms with Crippen LogP contribution in [0.3, 0.4) is 0 Å². The average molecular weight is 332 g/mol. The molecule has 3 atom stereocenters. The third-order valence-electron chi connectivity index (χ3n) is 3.20. The molecule has 0 aromatic carbocycles. The maximum absolute atomic E-state index is 14.1. The zero-order chi connectivity index (χ0) is 16.8. The summed E-state index contributed by atoms with van der Waals surface area (Å²) in [6.07, 6.45) is -4.33. The van der Waals surface area contributed by atoms with Crippen molar-refractivity contribution in [1.29, 1.82) is 0 Å². The second-order valence-corrected chi connectivity index (χ2v) is 11.0. The van der Waals surface area contributed by atoms with E-state index in [0.717, 1.165) is 20.8 Å². The van der Waals surface area contributed by atoms with Crippen LogP contribution in [0.2, 0.25) is 19.6 Å². The van der Waals surface area contributed by atoms with E-state index in [4.69, 9.17) is 9.16 Å². The van der Waals surface area contributed by atoms with Crippen molar-refractivity contribution in [2.75, 3.05) is 0 Å². The Morgan fingerprint density at radius 1 is 1.19 bits per heavy atom. The van der Waals surface area contributed by atoms with Gasteiger partial charge in [-0.3, -0.25) is 0 Å². The lowest BCUT2D eigenvalue weighted by Crippen LogP contribution is -2.43. The summed E-state index contributed by atoms with van der Waals surface area (Å²) >= 11 is 0. The minimum Gasteiger partial charge on any atom is -0.389 e. The highest BCUT2D eigenvalue weighted by Gasteiger charge is 2.66. The molecule has 0 saturated carbocycles. The van der Waals surface area contributed by atoms with Gasteiger partial charge in [0.1, 0.15) is 6.10 Å².